The summed E-state index contributed by atoms with van der Waals surface area (Å²) in [5, 5.41) is 0. The summed E-state index contributed by atoms with van der Waals surface area (Å²) in [5.74, 6) is -0.0155. The van der Waals surface area contributed by atoms with Gasteiger partial charge in [-0.2, -0.15) is 0 Å². The minimum atomic E-state index is -1.63. The predicted octanol–water partition coefficient (Wildman–Crippen LogP) is 6.82. The van der Waals surface area contributed by atoms with E-state index in [0.717, 1.165) is 25.5 Å². The third-order valence-electron chi connectivity index (χ3n) is 5.39. The van der Waals surface area contributed by atoms with Crippen LogP contribution in [0.2, 0.25) is 6.04 Å². The van der Waals surface area contributed by atoms with Crippen LogP contribution in [0.25, 0.3) is 0 Å². The number of carbonyl (C=O) groups is 1. The Morgan fingerprint density at radius 2 is 1.27 bits per heavy atom. The van der Waals surface area contributed by atoms with E-state index in [1.165, 1.54) is 96.3 Å². The molecule has 0 aromatic carbocycles. The van der Waals surface area contributed by atoms with E-state index in [4.69, 9.17) is 8.85 Å². The van der Waals surface area contributed by atoms with Crippen molar-refractivity contribution in [1.82, 2.24) is 0 Å². The lowest BCUT2D eigenvalue weighted by Gasteiger charge is -2.20. The highest BCUT2D eigenvalue weighted by Crippen LogP contribution is 2.15. The number of hydrogen-bond donors (Lipinski definition) is 0. The first-order valence-corrected chi connectivity index (χ1v) is 13.4. The van der Waals surface area contributed by atoms with Crippen LogP contribution in [-0.2, 0) is 13.6 Å². The van der Waals surface area contributed by atoms with Gasteiger partial charge in [-0.15, -0.1) is 0 Å². The standard InChI is InChI=1S/C22H44O3Si/c1-2-3-4-5-6-7-8-9-10-11-12-13-14-15-16-19-22(23)25-26-21-18-17-20-24-26/h26H,2-21H2,1H3. The fourth-order valence-corrected chi connectivity index (χ4v) is 5.47. The molecule has 4 heteroatoms. The van der Waals surface area contributed by atoms with Crippen molar-refractivity contribution < 1.29 is 13.6 Å². The van der Waals surface area contributed by atoms with Crippen LogP contribution in [0.3, 0.4) is 0 Å². The molecule has 0 N–H and O–H groups in total. The molecule has 1 heterocycles. The zero-order valence-electron chi connectivity index (χ0n) is 17.4. The van der Waals surface area contributed by atoms with Gasteiger partial charge in [-0.25, -0.2) is 0 Å². The normalized spacial score (nSPS) is 17.3. The number of rotatable bonds is 17. The zero-order valence-corrected chi connectivity index (χ0v) is 18.6. The van der Waals surface area contributed by atoms with Gasteiger partial charge in [0, 0.05) is 13.0 Å². The van der Waals surface area contributed by atoms with Gasteiger partial charge in [0.1, 0.15) is 0 Å². The summed E-state index contributed by atoms with van der Waals surface area (Å²) >= 11 is 0. The summed E-state index contributed by atoms with van der Waals surface area (Å²) in [4.78, 5) is 11.8. The Kier molecular flexibility index (Phi) is 16.4. The Morgan fingerprint density at radius 3 is 1.73 bits per heavy atom. The molecule has 1 unspecified atom stereocenters. The molecule has 1 rings (SSSR count). The van der Waals surface area contributed by atoms with E-state index < -0.39 is 9.28 Å². The molecular weight excluding hydrogens is 340 g/mol. The van der Waals surface area contributed by atoms with Gasteiger partial charge < -0.3 is 8.85 Å². The molecule has 0 aliphatic carbocycles. The first-order chi connectivity index (χ1) is 12.8. The lowest BCUT2D eigenvalue weighted by Crippen LogP contribution is -2.29. The van der Waals surface area contributed by atoms with Gasteiger partial charge in [0.2, 0.25) is 0 Å². The van der Waals surface area contributed by atoms with E-state index in [2.05, 4.69) is 6.92 Å². The molecule has 0 saturated carbocycles. The third-order valence-corrected chi connectivity index (χ3v) is 7.40. The van der Waals surface area contributed by atoms with Crippen LogP contribution in [0.5, 0.6) is 0 Å². The van der Waals surface area contributed by atoms with Gasteiger partial charge >= 0.3 is 9.28 Å². The minimum Gasteiger partial charge on any atom is -0.497 e. The summed E-state index contributed by atoms with van der Waals surface area (Å²) in [6, 6.07) is 1.00. The predicted molar refractivity (Wildman–Crippen MR) is 113 cm³/mol. The highest BCUT2D eigenvalue weighted by Gasteiger charge is 2.21. The molecule has 0 bridgehead atoms. The van der Waals surface area contributed by atoms with Crippen LogP contribution < -0.4 is 0 Å². The van der Waals surface area contributed by atoms with Crippen LogP contribution in [0.15, 0.2) is 0 Å². The molecule has 0 aromatic heterocycles. The molecule has 0 radical (unpaired) electrons. The van der Waals surface area contributed by atoms with Gasteiger partial charge in [0.05, 0.1) is 0 Å². The Hall–Kier alpha value is -0.353. The van der Waals surface area contributed by atoms with Crippen LogP contribution in [0, 0.1) is 0 Å². The van der Waals surface area contributed by atoms with E-state index in [1.807, 2.05) is 0 Å². The second kappa shape index (κ2) is 18.0. The molecule has 1 saturated heterocycles. The molecule has 1 fully saturated rings. The topological polar surface area (TPSA) is 35.5 Å². The van der Waals surface area contributed by atoms with Crippen LogP contribution in [0.4, 0.5) is 0 Å². The van der Waals surface area contributed by atoms with E-state index >= 15 is 0 Å². The van der Waals surface area contributed by atoms with E-state index in [0.29, 0.717) is 6.42 Å². The maximum Gasteiger partial charge on any atom is 0.385 e. The third kappa shape index (κ3) is 14.8. The highest BCUT2D eigenvalue weighted by molar-refractivity contribution is 6.46. The van der Waals surface area contributed by atoms with Gasteiger partial charge in [-0.1, -0.05) is 96.8 Å². The number of unbranched alkanes of at least 4 members (excludes halogenated alkanes) is 14. The molecule has 1 aliphatic heterocycles. The second-order valence-corrected chi connectivity index (χ2v) is 9.99. The van der Waals surface area contributed by atoms with Crippen LogP contribution >= 0.6 is 0 Å². The monoisotopic (exact) mass is 384 g/mol. The average molecular weight is 385 g/mol. The summed E-state index contributed by atoms with van der Waals surface area (Å²) in [5.41, 5.74) is 0. The summed E-state index contributed by atoms with van der Waals surface area (Å²) in [7, 11) is -1.63. The summed E-state index contributed by atoms with van der Waals surface area (Å²) in [6.45, 7) is 3.08. The van der Waals surface area contributed by atoms with Crippen molar-refractivity contribution in [3.63, 3.8) is 0 Å². The van der Waals surface area contributed by atoms with Gasteiger partial charge in [0.25, 0.3) is 5.97 Å². The molecular formula is C22H44O3Si. The molecule has 1 aliphatic rings. The fourth-order valence-electron chi connectivity index (χ4n) is 3.65. The van der Waals surface area contributed by atoms with Gasteiger partial charge in [0.15, 0.2) is 0 Å². The quantitative estimate of drug-likeness (QED) is 0.204. The van der Waals surface area contributed by atoms with Gasteiger partial charge in [-0.05, 0) is 25.3 Å². The van der Waals surface area contributed by atoms with Crippen molar-refractivity contribution in [2.75, 3.05) is 6.61 Å². The Balaban J connectivity index is 1.73. The van der Waals surface area contributed by atoms with E-state index in [-0.39, 0.29) is 5.97 Å². The smallest absolute Gasteiger partial charge is 0.385 e. The zero-order chi connectivity index (χ0) is 18.7. The van der Waals surface area contributed by atoms with Crippen LogP contribution in [-0.4, -0.2) is 21.9 Å². The van der Waals surface area contributed by atoms with Crippen molar-refractivity contribution in [2.24, 2.45) is 0 Å². The van der Waals surface area contributed by atoms with Crippen molar-refractivity contribution in [3.05, 3.63) is 0 Å². The van der Waals surface area contributed by atoms with Crippen molar-refractivity contribution in [1.29, 1.82) is 0 Å². The van der Waals surface area contributed by atoms with E-state index in [1.54, 1.807) is 0 Å². The number of hydrogen-bond acceptors (Lipinski definition) is 3. The van der Waals surface area contributed by atoms with Crippen molar-refractivity contribution >= 4 is 15.3 Å². The highest BCUT2D eigenvalue weighted by atomic mass is 28.3. The van der Waals surface area contributed by atoms with Gasteiger partial charge in [-0.3, -0.25) is 4.79 Å². The summed E-state index contributed by atoms with van der Waals surface area (Å²) in [6.07, 6.45) is 23.2. The molecule has 0 amide bonds. The van der Waals surface area contributed by atoms with E-state index in [9.17, 15) is 4.79 Å². The maximum atomic E-state index is 11.8. The molecule has 154 valence electrons. The number of carbonyl (C=O) groups excluding carboxylic acids is 1. The van der Waals surface area contributed by atoms with Crippen molar-refractivity contribution in [3.8, 4) is 0 Å². The Bertz CT molecular complexity index is 317. The molecule has 1 atom stereocenters. The Morgan fingerprint density at radius 1 is 0.769 bits per heavy atom. The van der Waals surface area contributed by atoms with Crippen LogP contribution in [0.1, 0.15) is 122 Å². The first-order valence-electron chi connectivity index (χ1n) is 11.6. The molecule has 26 heavy (non-hydrogen) atoms. The fraction of sp³-hybridized carbons (Fsp3) is 0.955. The minimum absolute atomic E-state index is 0.0155. The average Bonchev–Trinajstić information content (AvgIpc) is 2.65. The second-order valence-electron chi connectivity index (χ2n) is 7.99. The molecule has 3 nitrogen and oxygen atoms in total. The van der Waals surface area contributed by atoms with Crippen molar-refractivity contribution in [2.45, 2.75) is 129 Å². The molecule has 0 aromatic rings. The molecule has 0 spiro atoms. The lowest BCUT2D eigenvalue weighted by atomic mass is 10.0. The summed E-state index contributed by atoms with van der Waals surface area (Å²) < 4.78 is 11.1. The lowest BCUT2D eigenvalue weighted by molar-refractivity contribution is -0.136. The largest absolute Gasteiger partial charge is 0.497 e. The Labute approximate surface area is 164 Å². The first kappa shape index (κ1) is 23.7. The SMILES string of the molecule is CCCCCCCCCCCCCCCCCC(=O)O[SiH]1CCCCO1. The maximum absolute atomic E-state index is 11.8.